The van der Waals surface area contributed by atoms with E-state index in [1.165, 1.54) is 14.2 Å². The third-order valence-corrected chi connectivity index (χ3v) is 3.83. The topological polar surface area (TPSA) is 61.8 Å². The van der Waals surface area contributed by atoms with E-state index in [0.717, 1.165) is 0 Å². The quantitative estimate of drug-likeness (QED) is 0.568. The van der Waals surface area contributed by atoms with Gasteiger partial charge in [0, 0.05) is 10.0 Å². The second kappa shape index (κ2) is 7.78. The maximum Gasteiger partial charge on any atom is 0.346 e. The fourth-order valence-electron chi connectivity index (χ4n) is 2.02. The molecule has 0 amide bonds. The van der Waals surface area contributed by atoms with Crippen LogP contribution in [0, 0.1) is 0 Å². The summed E-state index contributed by atoms with van der Waals surface area (Å²) in [4.78, 5) is 24.4. The molecule has 2 aromatic rings. The fourth-order valence-corrected chi connectivity index (χ4v) is 2.53. The molecule has 0 radical (unpaired) electrons. The van der Waals surface area contributed by atoms with Crippen LogP contribution in [0.1, 0.15) is 20.7 Å². The Bertz CT molecular complexity index is 704. The van der Waals surface area contributed by atoms with Gasteiger partial charge in [0.25, 0.3) is 0 Å². The molecule has 0 spiro atoms. The van der Waals surface area contributed by atoms with Crippen molar-refractivity contribution in [1.29, 1.82) is 0 Å². The molecule has 0 N–H and O–H groups in total. The molecule has 23 heavy (non-hydrogen) atoms. The number of carbonyl (C=O) groups is 2. The van der Waals surface area contributed by atoms with Crippen LogP contribution in [0.25, 0.3) is 0 Å². The van der Waals surface area contributed by atoms with Crippen LogP contribution in [0.4, 0.5) is 0 Å². The number of benzene rings is 2. The molecule has 0 fully saturated rings. The molecule has 0 saturated heterocycles. The Morgan fingerprint density at radius 3 is 2.13 bits per heavy atom. The summed E-state index contributed by atoms with van der Waals surface area (Å²) in [5.74, 6) is -0.343. The van der Waals surface area contributed by atoms with Crippen molar-refractivity contribution >= 4 is 27.7 Å². The lowest BCUT2D eigenvalue weighted by molar-refractivity contribution is 0.0468. The van der Waals surface area contributed by atoms with E-state index in [1.807, 2.05) is 0 Å². The summed E-state index contributed by atoms with van der Waals surface area (Å²) in [7, 11) is 2.88. The summed E-state index contributed by atoms with van der Waals surface area (Å²) in [6.07, 6.45) is 0. The van der Waals surface area contributed by atoms with E-state index in [1.54, 1.807) is 42.5 Å². The lowest BCUT2D eigenvalue weighted by Crippen LogP contribution is -2.16. The van der Waals surface area contributed by atoms with Crippen LogP contribution < -0.4 is 9.47 Å². The summed E-state index contributed by atoms with van der Waals surface area (Å²) in [6, 6.07) is 11.9. The third kappa shape index (κ3) is 3.90. The number of ether oxygens (including phenoxy) is 3. The first-order chi connectivity index (χ1) is 11.1. The zero-order chi connectivity index (χ0) is 16.8. The van der Waals surface area contributed by atoms with Crippen LogP contribution in [0.2, 0.25) is 0 Å². The van der Waals surface area contributed by atoms with Gasteiger partial charge in [-0.3, -0.25) is 4.79 Å². The maximum atomic E-state index is 12.3. The van der Waals surface area contributed by atoms with Crippen molar-refractivity contribution in [3.05, 3.63) is 58.1 Å². The van der Waals surface area contributed by atoms with E-state index in [9.17, 15) is 9.59 Å². The molecule has 0 aliphatic heterocycles. The molecule has 0 unspecified atom stereocenters. The zero-order valence-corrected chi connectivity index (χ0v) is 14.3. The number of carbonyl (C=O) groups excluding carboxylic acids is 2. The van der Waals surface area contributed by atoms with Crippen molar-refractivity contribution < 1.29 is 23.8 Å². The molecule has 2 aromatic carbocycles. The summed E-state index contributed by atoms with van der Waals surface area (Å²) < 4.78 is 16.1. The van der Waals surface area contributed by atoms with Gasteiger partial charge in [-0.15, -0.1) is 0 Å². The summed E-state index contributed by atoms with van der Waals surface area (Å²) in [5.41, 5.74) is 0.602. The average Bonchev–Trinajstić information content (AvgIpc) is 2.58. The highest BCUT2D eigenvalue weighted by Crippen LogP contribution is 2.29. The lowest BCUT2D eigenvalue weighted by atomic mass is 10.1. The number of esters is 1. The van der Waals surface area contributed by atoms with Crippen molar-refractivity contribution in [3.8, 4) is 11.5 Å². The third-order valence-electron chi connectivity index (χ3n) is 3.14. The first kappa shape index (κ1) is 17.0. The Labute approximate surface area is 142 Å². The summed E-state index contributed by atoms with van der Waals surface area (Å²) in [6.45, 7) is -0.372. The van der Waals surface area contributed by atoms with Crippen LogP contribution in [-0.2, 0) is 4.74 Å². The predicted octanol–water partition coefficient (Wildman–Crippen LogP) is 3.51. The molecule has 0 atom stereocenters. The first-order valence-electron chi connectivity index (χ1n) is 6.74. The minimum Gasteiger partial charge on any atom is -0.496 e. The van der Waals surface area contributed by atoms with Gasteiger partial charge < -0.3 is 14.2 Å². The van der Waals surface area contributed by atoms with E-state index in [-0.39, 0.29) is 18.0 Å². The lowest BCUT2D eigenvalue weighted by Gasteiger charge is -2.12. The Morgan fingerprint density at radius 2 is 1.57 bits per heavy atom. The summed E-state index contributed by atoms with van der Waals surface area (Å²) >= 11 is 3.29. The summed E-state index contributed by atoms with van der Waals surface area (Å²) in [5, 5.41) is 0. The van der Waals surface area contributed by atoms with Crippen LogP contribution in [0.15, 0.2) is 46.9 Å². The highest BCUT2D eigenvalue weighted by atomic mass is 79.9. The second-order valence-electron chi connectivity index (χ2n) is 4.52. The van der Waals surface area contributed by atoms with Crippen molar-refractivity contribution in [3.63, 3.8) is 0 Å². The molecular formula is C17H15BrO5. The molecule has 120 valence electrons. The maximum absolute atomic E-state index is 12.3. The molecule has 0 bridgehead atoms. The smallest absolute Gasteiger partial charge is 0.346 e. The van der Waals surface area contributed by atoms with Gasteiger partial charge in [0.1, 0.15) is 17.1 Å². The number of halogens is 1. The second-order valence-corrected chi connectivity index (χ2v) is 5.37. The van der Waals surface area contributed by atoms with Crippen molar-refractivity contribution in [1.82, 2.24) is 0 Å². The zero-order valence-electron chi connectivity index (χ0n) is 12.7. The van der Waals surface area contributed by atoms with Gasteiger partial charge >= 0.3 is 5.97 Å². The van der Waals surface area contributed by atoms with Gasteiger partial charge in [0.2, 0.25) is 5.78 Å². The highest BCUT2D eigenvalue weighted by molar-refractivity contribution is 9.10. The van der Waals surface area contributed by atoms with E-state index in [2.05, 4.69) is 15.9 Å². The molecule has 0 aliphatic rings. The standard InChI is InChI=1S/C17H15BrO5/c1-21-14-8-5-9-15(22-2)16(14)17(20)23-10-13(19)11-6-3-4-7-12(11)18/h3-9H,10H2,1-2H3. The van der Waals surface area contributed by atoms with Gasteiger partial charge in [0.05, 0.1) is 14.2 Å². The SMILES string of the molecule is COc1cccc(OC)c1C(=O)OCC(=O)c1ccccc1Br. The van der Waals surface area contributed by atoms with E-state index in [0.29, 0.717) is 21.5 Å². The molecule has 0 aromatic heterocycles. The van der Waals surface area contributed by atoms with Crippen LogP contribution >= 0.6 is 15.9 Å². The van der Waals surface area contributed by atoms with Crippen molar-refractivity contribution in [2.45, 2.75) is 0 Å². The molecule has 6 heteroatoms. The number of ketones is 1. The number of methoxy groups -OCH3 is 2. The van der Waals surface area contributed by atoms with E-state index in [4.69, 9.17) is 14.2 Å². The molecule has 0 heterocycles. The Hall–Kier alpha value is -2.34. The molecular weight excluding hydrogens is 364 g/mol. The van der Waals surface area contributed by atoms with Gasteiger partial charge in [-0.05, 0) is 18.2 Å². The fraction of sp³-hybridized carbons (Fsp3) is 0.176. The van der Waals surface area contributed by atoms with Gasteiger partial charge in [0.15, 0.2) is 6.61 Å². The molecule has 0 aliphatic carbocycles. The Kier molecular flexibility index (Phi) is 5.76. The van der Waals surface area contributed by atoms with Crippen LogP contribution in [0.5, 0.6) is 11.5 Å². The minimum absolute atomic E-state index is 0.150. The largest absolute Gasteiger partial charge is 0.496 e. The molecule has 5 nitrogen and oxygen atoms in total. The number of rotatable bonds is 6. The van der Waals surface area contributed by atoms with E-state index >= 15 is 0 Å². The van der Waals surface area contributed by atoms with Gasteiger partial charge in [-0.1, -0.05) is 40.2 Å². The number of hydrogen-bond acceptors (Lipinski definition) is 5. The monoisotopic (exact) mass is 378 g/mol. The molecule has 2 rings (SSSR count). The Balaban J connectivity index is 2.14. The van der Waals surface area contributed by atoms with Gasteiger partial charge in [-0.25, -0.2) is 4.79 Å². The molecule has 0 saturated carbocycles. The predicted molar refractivity (Wildman–Crippen MR) is 88.3 cm³/mol. The Morgan fingerprint density at radius 1 is 0.957 bits per heavy atom. The van der Waals surface area contributed by atoms with E-state index < -0.39 is 5.97 Å². The van der Waals surface area contributed by atoms with Gasteiger partial charge in [-0.2, -0.15) is 0 Å². The van der Waals surface area contributed by atoms with Crippen LogP contribution in [0.3, 0.4) is 0 Å². The van der Waals surface area contributed by atoms with Crippen LogP contribution in [-0.4, -0.2) is 32.6 Å². The first-order valence-corrected chi connectivity index (χ1v) is 7.53. The van der Waals surface area contributed by atoms with Crippen molar-refractivity contribution in [2.75, 3.05) is 20.8 Å². The van der Waals surface area contributed by atoms with Crippen molar-refractivity contribution in [2.24, 2.45) is 0 Å². The number of Topliss-reactive ketones (excluding diaryl/α,β-unsaturated/α-hetero) is 1. The average molecular weight is 379 g/mol. The normalized spacial score (nSPS) is 10.0. The highest BCUT2D eigenvalue weighted by Gasteiger charge is 2.21. The minimum atomic E-state index is -0.681. The number of hydrogen-bond donors (Lipinski definition) is 0.